The van der Waals surface area contributed by atoms with Gasteiger partial charge in [-0.3, -0.25) is 9.48 Å². The molecule has 1 N–H and O–H groups in total. The number of nitrogens with one attached hydrogen (secondary N) is 1. The zero-order valence-electron chi connectivity index (χ0n) is 14.0. The number of amides is 1. The monoisotopic (exact) mass is 338 g/mol. The van der Waals surface area contributed by atoms with E-state index < -0.39 is 0 Å². The van der Waals surface area contributed by atoms with E-state index in [-0.39, 0.29) is 5.91 Å². The van der Waals surface area contributed by atoms with Gasteiger partial charge in [0.05, 0.1) is 23.0 Å². The van der Waals surface area contributed by atoms with E-state index in [2.05, 4.69) is 15.3 Å². The minimum absolute atomic E-state index is 0.193. The SMILES string of the molecule is Cc1nn(Cc2ccc(C(=O)NCCCN(C)C)o2)c(C)c1Cl. The maximum atomic E-state index is 12.0. The minimum Gasteiger partial charge on any atom is -0.454 e. The molecule has 0 radical (unpaired) electrons. The van der Waals surface area contributed by atoms with Crippen molar-refractivity contribution in [2.75, 3.05) is 27.2 Å². The van der Waals surface area contributed by atoms with Crippen molar-refractivity contribution < 1.29 is 9.21 Å². The highest BCUT2D eigenvalue weighted by Crippen LogP contribution is 2.20. The molecular weight excluding hydrogens is 316 g/mol. The molecule has 2 aromatic rings. The lowest BCUT2D eigenvalue weighted by Crippen LogP contribution is -2.26. The summed E-state index contributed by atoms with van der Waals surface area (Å²) in [5, 5.41) is 7.87. The van der Waals surface area contributed by atoms with Crippen LogP contribution < -0.4 is 5.32 Å². The van der Waals surface area contributed by atoms with Gasteiger partial charge in [0.25, 0.3) is 5.91 Å². The number of furan rings is 1. The first-order valence-electron chi connectivity index (χ1n) is 7.59. The molecule has 0 aliphatic carbocycles. The summed E-state index contributed by atoms with van der Waals surface area (Å²) in [4.78, 5) is 14.1. The maximum Gasteiger partial charge on any atom is 0.286 e. The van der Waals surface area contributed by atoms with Crippen LogP contribution in [0.3, 0.4) is 0 Å². The van der Waals surface area contributed by atoms with Crippen molar-refractivity contribution in [3.8, 4) is 0 Å². The van der Waals surface area contributed by atoms with Gasteiger partial charge in [0, 0.05) is 6.54 Å². The molecule has 6 nitrogen and oxygen atoms in total. The van der Waals surface area contributed by atoms with Crippen LogP contribution in [0.5, 0.6) is 0 Å². The molecule has 0 bridgehead atoms. The van der Waals surface area contributed by atoms with Gasteiger partial charge >= 0.3 is 0 Å². The number of aryl methyl sites for hydroxylation is 1. The molecule has 0 saturated carbocycles. The standard InChI is InChI=1S/C16H23ClN4O2/c1-11-15(17)12(2)21(19-11)10-13-6-7-14(23-13)16(22)18-8-5-9-20(3)4/h6-7H,5,8-10H2,1-4H3,(H,18,22). The Morgan fingerprint density at radius 1 is 1.39 bits per heavy atom. The third kappa shape index (κ3) is 4.59. The Balaban J connectivity index is 1.92. The summed E-state index contributed by atoms with van der Waals surface area (Å²) in [6.45, 7) is 5.78. The maximum absolute atomic E-state index is 12.0. The summed E-state index contributed by atoms with van der Waals surface area (Å²) in [6, 6.07) is 3.48. The van der Waals surface area contributed by atoms with E-state index in [4.69, 9.17) is 16.0 Å². The first kappa shape index (κ1) is 17.6. The highest BCUT2D eigenvalue weighted by atomic mass is 35.5. The van der Waals surface area contributed by atoms with E-state index >= 15 is 0 Å². The van der Waals surface area contributed by atoms with Gasteiger partial charge < -0.3 is 14.6 Å². The summed E-state index contributed by atoms with van der Waals surface area (Å²) in [5.74, 6) is 0.796. The Hall–Kier alpha value is -1.79. The quantitative estimate of drug-likeness (QED) is 0.788. The number of aromatic nitrogens is 2. The summed E-state index contributed by atoms with van der Waals surface area (Å²) < 4.78 is 7.38. The molecule has 0 saturated heterocycles. The van der Waals surface area contributed by atoms with Crippen molar-refractivity contribution in [3.05, 3.63) is 40.1 Å². The van der Waals surface area contributed by atoms with Gasteiger partial charge in [0.15, 0.2) is 5.76 Å². The third-order valence-electron chi connectivity index (χ3n) is 3.55. The highest BCUT2D eigenvalue weighted by Gasteiger charge is 2.14. The largest absolute Gasteiger partial charge is 0.454 e. The number of carbonyl (C=O) groups is 1. The van der Waals surface area contributed by atoms with E-state index in [1.54, 1.807) is 16.8 Å². The average molecular weight is 339 g/mol. The second-order valence-electron chi connectivity index (χ2n) is 5.82. The second-order valence-corrected chi connectivity index (χ2v) is 6.20. The lowest BCUT2D eigenvalue weighted by molar-refractivity contribution is 0.0922. The van der Waals surface area contributed by atoms with Crippen molar-refractivity contribution in [2.45, 2.75) is 26.8 Å². The molecule has 2 heterocycles. The van der Waals surface area contributed by atoms with Gasteiger partial charge in [0.2, 0.25) is 0 Å². The fraction of sp³-hybridized carbons (Fsp3) is 0.500. The number of hydrogen-bond acceptors (Lipinski definition) is 4. The molecule has 1 amide bonds. The molecular formula is C16H23ClN4O2. The van der Waals surface area contributed by atoms with Crippen LogP contribution in [0.1, 0.15) is 34.1 Å². The molecule has 0 spiro atoms. The Morgan fingerprint density at radius 2 is 2.13 bits per heavy atom. The molecule has 0 aliphatic heterocycles. The molecule has 0 unspecified atom stereocenters. The zero-order valence-corrected chi connectivity index (χ0v) is 14.8. The molecule has 0 aliphatic rings. The van der Waals surface area contributed by atoms with Gasteiger partial charge in [0.1, 0.15) is 5.76 Å². The number of hydrogen-bond donors (Lipinski definition) is 1. The van der Waals surface area contributed by atoms with E-state index in [0.29, 0.717) is 29.6 Å². The van der Waals surface area contributed by atoms with Gasteiger partial charge in [-0.15, -0.1) is 0 Å². The van der Waals surface area contributed by atoms with Crippen LogP contribution in [0.4, 0.5) is 0 Å². The lowest BCUT2D eigenvalue weighted by atomic mass is 10.3. The molecule has 0 fully saturated rings. The van der Waals surface area contributed by atoms with Crippen molar-refractivity contribution >= 4 is 17.5 Å². The van der Waals surface area contributed by atoms with Crippen molar-refractivity contribution in [1.82, 2.24) is 20.0 Å². The van der Waals surface area contributed by atoms with E-state index in [1.165, 1.54) is 0 Å². The fourth-order valence-electron chi connectivity index (χ4n) is 2.25. The predicted molar refractivity (Wildman–Crippen MR) is 90.0 cm³/mol. The van der Waals surface area contributed by atoms with Gasteiger partial charge in [-0.25, -0.2) is 0 Å². The molecule has 2 rings (SSSR count). The summed E-state index contributed by atoms with van der Waals surface area (Å²) in [5.41, 5.74) is 1.67. The Labute approximate surface area is 141 Å². The third-order valence-corrected chi connectivity index (χ3v) is 4.10. The van der Waals surface area contributed by atoms with Crippen molar-refractivity contribution in [3.63, 3.8) is 0 Å². The fourth-order valence-corrected chi connectivity index (χ4v) is 2.38. The summed E-state index contributed by atoms with van der Waals surface area (Å²) in [6.07, 6.45) is 0.899. The molecule has 126 valence electrons. The Kier molecular flexibility index (Phi) is 5.85. The minimum atomic E-state index is -0.193. The van der Waals surface area contributed by atoms with Crippen LogP contribution in [-0.4, -0.2) is 47.8 Å². The summed E-state index contributed by atoms with van der Waals surface area (Å²) in [7, 11) is 4.01. The highest BCUT2D eigenvalue weighted by molar-refractivity contribution is 6.31. The molecule has 0 aromatic carbocycles. The number of rotatable bonds is 7. The second kappa shape index (κ2) is 7.66. The van der Waals surface area contributed by atoms with E-state index in [1.807, 2.05) is 27.9 Å². The van der Waals surface area contributed by atoms with Crippen LogP contribution in [0, 0.1) is 13.8 Å². The molecule has 7 heteroatoms. The van der Waals surface area contributed by atoms with Crippen molar-refractivity contribution in [2.24, 2.45) is 0 Å². The number of carbonyl (C=O) groups excluding carboxylic acids is 1. The van der Waals surface area contributed by atoms with Gasteiger partial charge in [-0.05, 0) is 53.0 Å². The zero-order chi connectivity index (χ0) is 17.0. The van der Waals surface area contributed by atoms with Gasteiger partial charge in [-0.1, -0.05) is 11.6 Å². The number of halogens is 1. The summed E-state index contributed by atoms with van der Waals surface area (Å²) >= 11 is 6.13. The van der Waals surface area contributed by atoms with Gasteiger partial charge in [-0.2, -0.15) is 5.10 Å². The smallest absolute Gasteiger partial charge is 0.286 e. The van der Waals surface area contributed by atoms with Crippen LogP contribution in [0.2, 0.25) is 5.02 Å². The average Bonchev–Trinajstić information content (AvgIpc) is 3.05. The lowest BCUT2D eigenvalue weighted by Gasteiger charge is -2.09. The topological polar surface area (TPSA) is 63.3 Å². The number of nitrogens with zero attached hydrogens (tertiary/aromatic N) is 3. The first-order chi connectivity index (χ1) is 10.9. The first-order valence-corrected chi connectivity index (χ1v) is 7.97. The van der Waals surface area contributed by atoms with Crippen LogP contribution >= 0.6 is 11.6 Å². The molecule has 2 aromatic heterocycles. The Bertz CT molecular complexity index is 676. The Morgan fingerprint density at radius 3 is 2.74 bits per heavy atom. The molecule has 23 heavy (non-hydrogen) atoms. The van der Waals surface area contributed by atoms with E-state index in [0.717, 1.165) is 24.4 Å². The van der Waals surface area contributed by atoms with Crippen molar-refractivity contribution in [1.29, 1.82) is 0 Å². The normalized spacial score (nSPS) is 11.2. The molecule has 0 atom stereocenters. The van der Waals surface area contributed by atoms with Crippen LogP contribution in [0.25, 0.3) is 0 Å². The van der Waals surface area contributed by atoms with Crippen LogP contribution in [-0.2, 0) is 6.54 Å². The van der Waals surface area contributed by atoms with Crippen LogP contribution in [0.15, 0.2) is 16.5 Å². The predicted octanol–water partition coefficient (Wildman–Crippen LogP) is 2.48. The van der Waals surface area contributed by atoms with E-state index in [9.17, 15) is 4.79 Å².